The number of carbonyl (C=O) groups is 2. The quantitative estimate of drug-likeness (QED) is 0.0163. The highest BCUT2D eigenvalue weighted by Crippen LogP contribution is 2.41. The fraction of sp³-hybridized carbons (Fsp3) is 0.537. The van der Waals surface area contributed by atoms with Crippen LogP contribution in [0, 0.1) is 17.8 Å². The molecular weight excluding hydrogens is 1680 g/mol. The van der Waals surface area contributed by atoms with Gasteiger partial charge >= 0.3 is 12.1 Å². The maximum atomic E-state index is 14.2. The molecule has 0 saturated carbocycles. The van der Waals surface area contributed by atoms with Crippen molar-refractivity contribution in [1.29, 1.82) is 0 Å². The number of aliphatic hydroxyl groups is 12. The van der Waals surface area contributed by atoms with E-state index in [9.17, 15) is 70.9 Å². The second-order valence-electron chi connectivity index (χ2n) is 31.6. The number of hydrogen-bond acceptors (Lipinski definition) is 33. The fourth-order valence-electron chi connectivity index (χ4n) is 15.4. The van der Waals surface area contributed by atoms with Gasteiger partial charge in [0.2, 0.25) is 0 Å². The minimum atomic E-state index is -1.90. The lowest BCUT2D eigenvalue weighted by atomic mass is 9.83. The standard InChI is InChI=1S/C72H81NO16.C19H35NO16.4CH4/c1-49-50(2)64(69(84-59(49)45-78-40-53-27-13-5-14-28-53)83-48-73(39-52-25-11-4-12-26-52)72(77)82-44-57-35-21-9-22-36-57)88-70-66(81-43-56-33-19-8-20-34-56)63(75)65(61(86-70)47-80-42-55-31-17-7-18-32-55)89-71-67(87-68(76)58-37-23-10-24-38-58)62(74)51(3)60(85-71)46-79-41-54-29-15-6-16-30-54;20-4-31-19-16(11(27)9(25)6(2-22)33-19)36-18-14(30)12(28)15(7(3-23)34-18)35-17-13(29)10(26)8(24)5(1-21)32-17;;;;/h4-38,49-51,59-67,69-71,74-75H,39-48H2,1-3H3;5-19,21-30H,1-4,20H2;4*1H4/t49-,50-,51+,59?,60?,61?,62-,63-,64?,65+,66?,67?,69-,70+,71-;5?,6?,7?,8-,9-,10+,11+,12-,13?,14?,15-,16?,17+,18-,19+;;;;/m01..../s1. The van der Waals surface area contributed by atoms with Gasteiger partial charge in [0, 0.05) is 5.92 Å². The molecule has 0 aromatic heterocycles. The Morgan fingerprint density at radius 1 is 0.326 bits per heavy atom. The predicted molar refractivity (Wildman–Crippen MR) is 465 cm³/mol. The summed E-state index contributed by atoms with van der Waals surface area (Å²) in [7, 11) is 0. The summed E-state index contributed by atoms with van der Waals surface area (Å²) < 4.78 is 112. The molecule has 6 aliphatic rings. The summed E-state index contributed by atoms with van der Waals surface area (Å²) in [4.78, 5) is 29.6. The van der Waals surface area contributed by atoms with E-state index in [1.165, 1.54) is 4.90 Å². The van der Waals surface area contributed by atoms with Crippen LogP contribution in [-0.4, -0.2) is 297 Å². The van der Waals surface area contributed by atoms with Crippen molar-refractivity contribution in [2.75, 3.05) is 53.1 Å². The molecule has 14 N–H and O–H groups in total. The lowest BCUT2D eigenvalue weighted by Gasteiger charge is -2.50. The van der Waals surface area contributed by atoms with Crippen LogP contribution in [0.5, 0.6) is 0 Å². The van der Waals surface area contributed by atoms with E-state index in [4.69, 9.17) is 91.0 Å². The number of nitrogens with zero attached hydrogens (tertiary/aromatic N) is 1. The van der Waals surface area contributed by atoms with Crippen LogP contribution < -0.4 is 5.73 Å². The van der Waals surface area contributed by atoms with Gasteiger partial charge in [-0.2, -0.15) is 0 Å². The monoisotopic (exact) mass is 1810 g/mol. The Morgan fingerprint density at radius 3 is 1.19 bits per heavy atom. The Bertz CT molecular complexity index is 4230. The SMILES string of the molecule is C.C.C.C.C[C@@H]1C(COCc2ccccc2)O[C@H](OCN(Cc2ccccc2)C(=O)OCc2ccccc2)C(O[C@H]2OC(COCc3ccccc3)[C@@H](O[C@@H]3OC(COCc4ccccc4)[C@@H](C)[C@H](O)C3OC(=O)c3ccccc3)[C@H](O)C2OCc2ccccc2)[C@H]1C.NCO[C@H]1OC(CO)[C@@H](O)[C@H](O)C1O[C@H]1OC(CO)[C@@H](O[C@@H]2OC(CO)[C@@H](O)[C@H](O)C2O)[C@H](O)C1O. The highest BCUT2D eigenvalue weighted by atomic mass is 16.8. The number of amides is 1. The Morgan fingerprint density at radius 2 is 0.690 bits per heavy atom. The van der Waals surface area contributed by atoms with E-state index in [-0.39, 0.29) is 107 Å². The zero-order valence-electron chi connectivity index (χ0n) is 69.5. The summed E-state index contributed by atoms with van der Waals surface area (Å²) in [5.74, 6) is -1.88. The van der Waals surface area contributed by atoms with Crippen LogP contribution in [0.25, 0.3) is 0 Å². The average molecular weight is 1810 g/mol. The van der Waals surface area contributed by atoms with E-state index in [1.807, 2.05) is 189 Å². The van der Waals surface area contributed by atoms with E-state index in [0.29, 0.717) is 6.61 Å². The third-order valence-corrected chi connectivity index (χ3v) is 22.9. The largest absolute Gasteiger partial charge is 0.451 e. The number of benzene rings is 7. The van der Waals surface area contributed by atoms with E-state index in [2.05, 4.69) is 6.92 Å². The van der Waals surface area contributed by atoms with Crippen LogP contribution in [0.3, 0.4) is 0 Å². The van der Waals surface area contributed by atoms with Crippen LogP contribution >= 0.6 is 0 Å². The van der Waals surface area contributed by atoms with Gasteiger partial charge < -0.3 is 152 Å². The first-order valence-corrected chi connectivity index (χ1v) is 41.8. The van der Waals surface area contributed by atoms with Crippen molar-refractivity contribution in [3.05, 3.63) is 251 Å². The maximum Gasteiger partial charge on any atom is 0.412 e. The molecule has 12 unspecified atom stereocenters. The lowest BCUT2D eigenvalue weighted by Crippen LogP contribution is -2.66. The molecular formula is C95H132N2O32. The van der Waals surface area contributed by atoms with Crippen molar-refractivity contribution in [3.63, 3.8) is 0 Å². The van der Waals surface area contributed by atoms with E-state index in [0.717, 1.165) is 33.4 Å². The summed E-state index contributed by atoms with van der Waals surface area (Å²) in [6.07, 6.45) is -39.2. The summed E-state index contributed by atoms with van der Waals surface area (Å²) >= 11 is 0. The highest BCUT2D eigenvalue weighted by molar-refractivity contribution is 5.89. The number of hydrogen-bond donors (Lipinski definition) is 13. The van der Waals surface area contributed by atoms with Crippen molar-refractivity contribution in [3.8, 4) is 0 Å². The molecule has 34 heteroatoms. The van der Waals surface area contributed by atoms with Crippen molar-refractivity contribution in [2.45, 2.75) is 256 Å². The van der Waals surface area contributed by atoms with E-state index >= 15 is 0 Å². The van der Waals surface area contributed by atoms with Crippen LogP contribution in [-0.2, 0) is 125 Å². The second-order valence-corrected chi connectivity index (χ2v) is 31.6. The second kappa shape index (κ2) is 53.1. The van der Waals surface area contributed by atoms with Crippen LogP contribution in [0.15, 0.2) is 212 Å². The Kier molecular flexibility index (Phi) is 43.8. The molecule has 7 aromatic carbocycles. The molecule has 34 nitrogen and oxygen atoms in total. The van der Waals surface area contributed by atoms with Gasteiger partial charge in [0.05, 0.1) is 97.1 Å². The molecule has 0 radical (unpaired) electrons. The molecule has 13 rings (SSSR count). The predicted octanol–water partition coefficient (Wildman–Crippen LogP) is 5.75. The molecule has 129 heavy (non-hydrogen) atoms. The van der Waals surface area contributed by atoms with Gasteiger partial charge in [0.15, 0.2) is 43.8 Å². The van der Waals surface area contributed by atoms with Gasteiger partial charge in [-0.15, -0.1) is 0 Å². The van der Waals surface area contributed by atoms with Crippen LogP contribution in [0.1, 0.15) is 94.2 Å². The zero-order chi connectivity index (χ0) is 88.5. The summed E-state index contributed by atoms with van der Waals surface area (Å²) in [5.41, 5.74) is 10.9. The molecule has 0 aliphatic carbocycles. The Balaban J connectivity index is 0.000000432. The molecule has 6 fully saturated rings. The molecule has 0 bridgehead atoms. The van der Waals surface area contributed by atoms with Crippen molar-refractivity contribution in [1.82, 2.24) is 4.90 Å². The molecule has 714 valence electrons. The topological polar surface area (TPSA) is 472 Å². The molecule has 6 aliphatic heterocycles. The summed E-state index contributed by atoms with van der Waals surface area (Å²) in [6, 6.07) is 66.0. The number of esters is 1. The van der Waals surface area contributed by atoms with Crippen molar-refractivity contribution < 1.29 is 156 Å². The Hall–Kier alpha value is -7.88. The highest BCUT2D eigenvalue weighted by Gasteiger charge is 2.57. The van der Waals surface area contributed by atoms with E-state index < -0.39 is 210 Å². The third kappa shape index (κ3) is 28.6. The molecule has 7 aromatic rings. The molecule has 30 atom stereocenters. The van der Waals surface area contributed by atoms with Gasteiger partial charge in [0.25, 0.3) is 0 Å². The third-order valence-electron chi connectivity index (χ3n) is 22.9. The zero-order valence-corrected chi connectivity index (χ0v) is 69.5. The van der Waals surface area contributed by atoms with Gasteiger partial charge in [-0.05, 0) is 57.3 Å². The van der Waals surface area contributed by atoms with Gasteiger partial charge in [0.1, 0.15) is 123 Å². The fourth-order valence-corrected chi connectivity index (χ4v) is 15.4. The van der Waals surface area contributed by atoms with Crippen LogP contribution in [0.4, 0.5) is 4.79 Å². The average Bonchev–Trinajstić information content (AvgIpc) is 0.775. The van der Waals surface area contributed by atoms with Gasteiger partial charge in [-0.25, -0.2) is 9.59 Å². The lowest BCUT2D eigenvalue weighted by molar-refractivity contribution is -0.384. The normalized spacial score (nSPS) is 32.6. The minimum Gasteiger partial charge on any atom is -0.451 e. The van der Waals surface area contributed by atoms with E-state index in [1.54, 1.807) is 37.3 Å². The maximum absolute atomic E-state index is 14.2. The Labute approximate surface area is 753 Å². The molecule has 0 spiro atoms. The molecule has 6 heterocycles. The number of nitrogens with two attached hydrogens (primary N) is 1. The number of ether oxygens (including phenoxy) is 18. The minimum absolute atomic E-state index is 0. The van der Waals surface area contributed by atoms with Gasteiger partial charge in [-0.1, -0.05) is 251 Å². The van der Waals surface area contributed by atoms with Gasteiger partial charge in [-0.3, -0.25) is 4.90 Å². The first-order chi connectivity index (χ1) is 60.6. The number of aliphatic hydroxyl groups excluding tert-OH is 12. The first kappa shape index (κ1) is 106. The molecule has 1 amide bonds. The number of carbonyl (C=O) groups excluding carboxylic acids is 2. The summed E-state index contributed by atoms with van der Waals surface area (Å²) in [6.45, 7) is 4.05. The first-order valence-electron chi connectivity index (χ1n) is 41.8. The number of rotatable bonds is 37. The summed E-state index contributed by atoms with van der Waals surface area (Å²) in [5, 5.41) is 126. The van der Waals surface area contributed by atoms with Crippen LogP contribution in [0.2, 0.25) is 0 Å². The smallest absolute Gasteiger partial charge is 0.412 e. The molecule has 6 saturated heterocycles. The van der Waals surface area contributed by atoms with Crippen molar-refractivity contribution >= 4 is 12.1 Å². The van der Waals surface area contributed by atoms with Crippen molar-refractivity contribution in [2.24, 2.45) is 23.5 Å².